The summed E-state index contributed by atoms with van der Waals surface area (Å²) in [7, 11) is 2.81. The van der Waals surface area contributed by atoms with Crippen molar-refractivity contribution in [3.05, 3.63) is 67.3 Å². The van der Waals surface area contributed by atoms with Gasteiger partial charge in [-0.1, -0.05) is 17.7 Å². The van der Waals surface area contributed by atoms with E-state index < -0.39 is 29.3 Å². The molecule has 0 aliphatic rings. The lowest BCUT2D eigenvalue weighted by Crippen LogP contribution is -2.37. The lowest BCUT2D eigenvalue weighted by molar-refractivity contribution is -0.274. The monoisotopic (exact) mass is 525 g/mol. The average Bonchev–Trinajstić information content (AvgIpc) is 3.25. The number of halogens is 4. The molecule has 0 aliphatic heterocycles. The highest BCUT2D eigenvalue weighted by atomic mass is 35.5. The van der Waals surface area contributed by atoms with Crippen molar-refractivity contribution in [3.63, 3.8) is 0 Å². The van der Waals surface area contributed by atoms with Crippen LogP contribution in [0.5, 0.6) is 5.75 Å². The number of pyridine rings is 1. The van der Waals surface area contributed by atoms with Crippen LogP contribution in [0.4, 0.5) is 18.3 Å². The number of benzene rings is 1. The van der Waals surface area contributed by atoms with Gasteiger partial charge in [0.15, 0.2) is 5.13 Å². The minimum atomic E-state index is -4.91. The van der Waals surface area contributed by atoms with E-state index in [9.17, 15) is 27.6 Å². The fourth-order valence-electron chi connectivity index (χ4n) is 3.36. The molecule has 0 atom stereocenters. The van der Waals surface area contributed by atoms with Gasteiger partial charge in [-0.3, -0.25) is 18.7 Å². The van der Waals surface area contributed by atoms with Crippen LogP contribution in [0.25, 0.3) is 22.3 Å². The third-order valence-corrected chi connectivity index (χ3v) is 6.05. The standard InChI is InChI=1S/C21H15ClF3N5O4S/c1-29-17-16(18(32)30(2)20(29)33)11(5-6-26-17)8-15(31)28-19-27-13(9-35-19)10-3-4-12(22)14(7-10)34-21(23,24)25/h3-7,9H,8H2,1-2H3,(H,27,28,31). The number of carbonyl (C=O) groups is 1. The van der Waals surface area contributed by atoms with Crippen LogP contribution in [0.1, 0.15) is 5.56 Å². The maximum Gasteiger partial charge on any atom is 0.573 e. The fraction of sp³-hybridized carbons (Fsp3) is 0.190. The molecule has 0 bridgehead atoms. The number of nitrogens with zero attached hydrogens (tertiary/aromatic N) is 4. The number of hydrogen-bond acceptors (Lipinski definition) is 7. The minimum absolute atomic E-state index is 0.144. The van der Waals surface area contributed by atoms with Gasteiger partial charge in [0.05, 0.1) is 22.5 Å². The highest BCUT2D eigenvalue weighted by molar-refractivity contribution is 7.14. The molecule has 1 aromatic carbocycles. The summed E-state index contributed by atoms with van der Waals surface area (Å²) in [6.07, 6.45) is -3.72. The highest BCUT2D eigenvalue weighted by Crippen LogP contribution is 2.35. The molecule has 1 N–H and O–H groups in total. The second-order valence-electron chi connectivity index (χ2n) is 7.33. The molecule has 35 heavy (non-hydrogen) atoms. The molecule has 4 rings (SSSR count). The average molecular weight is 526 g/mol. The molecule has 182 valence electrons. The topological polar surface area (TPSA) is 108 Å². The molecule has 4 aromatic rings. The molecule has 9 nitrogen and oxygen atoms in total. The molecule has 0 aliphatic carbocycles. The molecule has 0 spiro atoms. The zero-order valence-electron chi connectivity index (χ0n) is 18.0. The summed E-state index contributed by atoms with van der Waals surface area (Å²) in [5, 5.41) is 4.26. The Bertz CT molecular complexity index is 1580. The summed E-state index contributed by atoms with van der Waals surface area (Å²) in [6, 6.07) is 5.32. The first-order valence-corrected chi connectivity index (χ1v) is 11.0. The number of amides is 1. The Morgan fingerprint density at radius 2 is 1.94 bits per heavy atom. The molecule has 0 fully saturated rings. The number of aryl methyl sites for hydroxylation is 1. The van der Waals surface area contributed by atoms with E-state index in [1.54, 1.807) is 5.38 Å². The quantitative estimate of drug-likeness (QED) is 0.427. The van der Waals surface area contributed by atoms with E-state index in [0.29, 0.717) is 16.8 Å². The van der Waals surface area contributed by atoms with Crippen molar-refractivity contribution < 1.29 is 22.7 Å². The van der Waals surface area contributed by atoms with Crippen LogP contribution < -0.4 is 21.3 Å². The smallest absolute Gasteiger partial charge is 0.404 e. The van der Waals surface area contributed by atoms with Gasteiger partial charge in [0.1, 0.15) is 11.4 Å². The van der Waals surface area contributed by atoms with Gasteiger partial charge in [-0.05, 0) is 23.8 Å². The number of anilines is 1. The highest BCUT2D eigenvalue weighted by Gasteiger charge is 2.32. The van der Waals surface area contributed by atoms with Gasteiger partial charge in [0.2, 0.25) is 5.91 Å². The summed E-state index contributed by atoms with van der Waals surface area (Å²) in [4.78, 5) is 45.8. The van der Waals surface area contributed by atoms with Crippen LogP contribution >= 0.6 is 22.9 Å². The van der Waals surface area contributed by atoms with E-state index in [1.807, 2.05) is 0 Å². The number of thiazole rings is 1. The number of rotatable bonds is 5. The molecule has 0 radical (unpaired) electrons. The number of alkyl halides is 3. The first-order valence-electron chi connectivity index (χ1n) is 9.79. The van der Waals surface area contributed by atoms with Gasteiger partial charge in [-0.25, -0.2) is 14.8 Å². The number of aromatic nitrogens is 4. The lowest BCUT2D eigenvalue weighted by atomic mass is 10.1. The molecular formula is C21H15ClF3N5O4S. The fourth-order valence-corrected chi connectivity index (χ4v) is 4.25. The number of hydrogen-bond donors (Lipinski definition) is 1. The predicted molar refractivity (Wildman–Crippen MR) is 124 cm³/mol. The SMILES string of the molecule is Cn1c(=O)c2c(CC(=O)Nc3nc(-c4ccc(Cl)c(OC(F)(F)F)c4)cs3)ccnc2n(C)c1=O. The summed E-state index contributed by atoms with van der Waals surface area (Å²) >= 11 is 6.83. The molecule has 0 saturated heterocycles. The summed E-state index contributed by atoms with van der Waals surface area (Å²) in [5.41, 5.74) is 0.00176. The summed E-state index contributed by atoms with van der Waals surface area (Å²) < 4.78 is 43.8. The van der Waals surface area contributed by atoms with Crippen LogP contribution in [0.3, 0.4) is 0 Å². The normalized spacial score (nSPS) is 11.6. The van der Waals surface area contributed by atoms with Gasteiger partial charge >= 0.3 is 12.1 Å². The van der Waals surface area contributed by atoms with Crippen molar-refractivity contribution in [2.75, 3.05) is 5.32 Å². The van der Waals surface area contributed by atoms with E-state index in [4.69, 9.17) is 11.6 Å². The van der Waals surface area contributed by atoms with Crippen molar-refractivity contribution >= 4 is 45.0 Å². The number of carbonyl (C=O) groups excluding carboxylic acids is 1. The predicted octanol–water partition coefficient (Wildman–Crippen LogP) is 3.49. The summed E-state index contributed by atoms with van der Waals surface area (Å²) in [5.74, 6) is -1.07. The van der Waals surface area contributed by atoms with Crippen molar-refractivity contribution in [3.8, 4) is 17.0 Å². The van der Waals surface area contributed by atoms with Gasteiger partial charge in [0.25, 0.3) is 5.56 Å². The maximum atomic E-state index is 12.7. The number of ether oxygens (including phenoxy) is 1. The first kappa shape index (κ1) is 24.4. The van der Waals surface area contributed by atoms with Crippen molar-refractivity contribution in [1.29, 1.82) is 0 Å². The molecule has 1 amide bonds. The van der Waals surface area contributed by atoms with Gasteiger partial charge in [0, 0.05) is 31.2 Å². The molecular weight excluding hydrogens is 511 g/mol. The Hall–Kier alpha value is -3.71. The Kier molecular flexibility index (Phi) is 6.38. The van der Waals surface area contributed by atoms with Crippen molar-refractivity contribution in [2.45, 2.75) is 12.8 Å². The first-order chi connectivity index (χ1) is 16.4. The third kappa shape index (κ3) is 5.05. The second kappa shape index (κ2) is 9.15. The maximum absolute atomic E-state index is 12.7. The Labute approximate surface area is 203 Å². The molecule has 0 saturated carbocycles. The molecule has 3 aromatic heterocycles. The lowest BCUT2D eigenvalue weighted by Gasteiger charge is -2.11. The van der Waals surface area contributed by atoms with Crippen molar-refractivity contribution in [1.82, 2.24) is 19.1 Å². The third-order valence-electron chi connectivity index (χ3n) is 4.98. The van der Waals surface area contributed by atoms with E-state index in [1.165, 1.54) is 43.1 Å². The van der Waals surface area contributed by atoms with Gasteiger partial charge in [-0.2, -0.15) is 0 Å². The van der Waals surface area contributed by atoms with Crippen LogP contribution in [0, 0.1) is 0 Å². The molecule has 14 heteroatoms. The van der Waals surface area contributed by atoms with Gasteiger partial charge in [-0.15, -0.1) is 24.5 Å². The second-order valence-corrected chi connectivity index (χ2v) is 8.60. The minimum Gasteiger partial charge on any atom is -0.404 e. The van der Waals surface area contributed by atoms with E-state index in [-0.39, 0.29) is 27.6 Å². The molecule has 0 unspecified atom stereocenters. The van der Waals surface area contributed by atoms with Gasteiger partial charge < -0.3 is 10.1 Å². The van der Waals surface area contributed by atoms with E-state index >= 15 is 0 Å². The zero-order valence-corrected chi connectivity index (χ0v) is 19.6. The summed E-state index contributed by atoms with van der Waals surface area (Å²) in [6.45, 7) is 0. The number of nitrogens with one attached hydrogen (secondary N) is 1. The Morgan fingerprint density at radius 1 is 1.20 bits per heavy atom. The Morgan fingerprint density at radius 3 is 2.66 bits per heavy atom. The molecule has 3 heterocycles. The Balaban J connectivity index is 1.56. The van der Waals surface area contributed by atoms with Crippen molar-refractivity contribution in [2.24, 2.45) is 14.1 Å². The van der Waals surface area contributed by atoms with Crippen LogP contribution in [-0.4, -0.2) is 31.4 Å². The zero-order chi connectivity index (χ0) is 25.5. The van der Waals surface area contributed by atoms with Crippen LogP contribution in [0.15, 0.2) is 45.4 Å². The van der Waals surface area contributed by atoms with Crippen LogP contribution in [0.2, 0.25) is 5.02 Å². The van der Waals surface area contributed by atoms with E-state index in [0.717, 1.165) is 22.0 Å². The number of fused-ring (bicyclic) bond motifs is 1. The van der Waals surface area contributed by atoms with Crippen LogP contribution in [-0.2, 0) is 25.3 Å². The van der Waals surface area contributed by atoms with E-state index in [2.05, 4.69) is 20.0 Å². The largest absolute Gasteiger partial charge is 0.573 e.